The van der Waals surface area contributed by atoms with E-state index in [1.54, 1.807) is 18.3 Å². The lowest BCUT2D eigenvalue weighted by atomic mass is 10.1. The first-order valence-electron chi connectivity index (χ1n) is 8.44. The van der Waals surface area contributed by atoms with E-state index in [0.717, 1.165) is 23.5 Å². The zero-order valence-corrected chi connectivity index (χ0v) is 14.6. The van der Waals surface area contributed by atoms with Gasteiger partial charge in [-0.05, 0) is 30.2 Å². The van der Waals surface area contributed by atoms with Gasteiger partial charge in [-0.1, -0.05) is 32.9 Å². The molecule has 1 N–H and O–H groups in total. The summed E-state index contributed by atoms with van der Waals surface area (Å²) in [6.07, 6.45) is 2.62. The lowest BCUT2D eigenvalue weighted by Gasteiger charge is -2.29. The Balaban J connectivity index is 2.19. The summed E-state index contributed by atoms with van der Waals surface area (Å²) < 4.78 is 13.1. The molecule has 2 aromatic rings. The van der Waals surface area contributed by atoms with E-state index >= 15 is 0 Å². The number of aliphatic hydroxyl groups excluding tert-OH is 1. The molecule has 0 unspecified atom stereocenters. The van der Waals surface area contributed by atoms with Gasteiger partial charge in [-0.3, -0.25) is 4.90 Å². The van der Waals surface area contributed by atoms with Gasteiger partial charge in [-0.25, -0.2) is 14.4 Å². The van der Waals surface area contributed by atoms with Crippen molar-refractivity contribution >= 4 is 0 Å². The summed E-state index contributed by atoms with van der Waals surface area (Å²) >= 11 is 0. The Bertz CT molecular complexity index is 627. The van der Waals surface area contributed by atoms with Gasteiger partial charge < -0.3 is 5.11 Å². The van der Waals surface area contributed by atoms with Gasteiger partial charge in [0.1, 0.15) is 11.6 Å². The normalized spacial score (nSPS) is 12.8. The molecule has 1 aromatic carbocycles. The summed E-state index contributed by atoms with van der Waals surface area (Å²) in [6, 6.07) is 8.45. The van der Waals surface area contributed by atoms with Gasteiger partial charge in [0.05, 0.1) is 12.3 Å². The van der Waals surface area contributed by atoms with Crippen LogP contribution in [0.25, 0.3) is 0 Å². The third-order valence-corrected chi connectivity index (χ3v) is 4.11. The van der Waals surface area contributed by atoms with Crippen LogP contribution in [0.3, 0.4) is 0 Å². The highest BCUT2D eigenvalue weighted by Crippen LogP contribution is 2.16. The second-order valence-corrected chi connectivity index (χ2v) is 6.34. The zero-order chi connectivity index (χ0) is 17.5. The number of benzene rings is 1. The third kappa shape index (κ3) is 5.08. The van der Waals surface area contributed by atoms with Gasteiger partial charge in [-0.2, -0.15) is 0 Å². The van der Waals surface area contributed by atoms with Crippen molar-refractivity contribution in [2.45, 2.75) is 52.2 Å². The smallest absolute Gasteiger partial charge is 0.131 e. The summed E-state index contributed by atoms with van der Waals surface area (Å²) in [5.41, 5.74) is 1.95. The first kappa shape index (κ1) is 18.5. The summed E-state index contributed by atoms with van der Waals surface area (Å²) in [5.74, 6) is 0.860. The van der Waals surface area contributed by atoms with E-state index in [2.05, 4.69) is 35.6 Å². The van der Waals surface area contributed by atoms with E-state index in [1.807, 2.05) is 6.07 Å². The summed E-state index contributed by atoms with van der Waals surface area (Å²) in [6.45, 7) is 7.53. The van der Waals surface area contributed by atoms with Crippen molar-refractivity contribution in [3.63, 3.8) is 0 Å². The number of nitrogens with zero attached hydrogens (tertiary/aromatic N) is 3. The Kier molecular flexibility index (Phi) is 6.82. The number of hydrogen-bond donors (Lipinski definition) is 1. The van der Waals surface area contributed by atoms with Gasteiger partial charge >= 0.3 is 0 Å². The first-order valence-corrected chi connectivity index (χ1v) is 8.44. The molecule has 0 aliphatic carbocycles. The molecule has 5 heteroatoms. The highest BCUT2D eigenvalue weighted by atomic mass is 19.1. The van der Waals surface area contributed by atoms with Gasteiger partial charge in [0.2, 0.25) is 0 Å². The molecule has 0 amide bonds. The van der Waals surface area contributed by atoms with Crippen molar-refractivity contribution in [2.75, 3.05) is 6.61 Å². The van der Waals surface area contributed by atoms with Crippen LogP contribution < -0.4 is 0 Å². The van der Waals surface area contributed by atoms with E-state index in [4.69, 9.17) is 0 Å². The SMILES string of the molecule is CC[C@@H](CO)N(Cc1ccc(F)cc1)Cc1ccnc(C(C)C)n1. The van der Waals surface area contributed by atoms with E-state index in [-0.39, 0.29) is 24.4 Å². The Labute approximate surface area is 143 Å². The molecule has 0 radical (unpaired) electrons. The van der Waals surface area contributed by atoms with Crippen LogP contribution in [-0.2, 0) is 13.1 Å². The molecule has 2 rings (SSSR count). The fourth-order valence-corrected chi connectivity index (χ4v) is 2.63. The minimum Gasteiger partial charge on any atom is -0.395 e. The summed E-state index contributed by atoms with van der Waals surface area (Å²) in [5, 5.41) is 9.70. The quantitative estimate of drug-likeness (QED) is 0.804. The monoisotopic (exact) mass is 331 g/mol. The summed E-state index contributed by atoms with van der Waals surface area (Å²) in [7, 11) is 0. The van der Waals surface area contributed by atoms with Crippen LogP contribution in [0.15, 0.2) is 36.5 Å². The molecule has 0 aliphatic heterocycles. The average Bonchev–Trinajstić information content (AvgIpc) is 2.58. The molecule has 24 heavy (non-hydrogen) atoms. The van der Waals surface area contributed by atoms with Crippen LogP contribution in [0.1, 0.15) is 50.2 Å². The van der Waals surface area contributed by atoms with E-state index < -0.39 is 0 Å². The number of hydrogen-bond acceptors (Lipinski definition) is 4. The van der Waals surface area contributed by atoms with Crippen LogP contribution in [-0.4, -0.2) is 32.6 Å². The second kappa shape index (κ2) is 8.85. The average molecular weight is 331 g/mol. The Morgan fingerprint density at radius 1 is 1.12 bits per heavy atom. The van der Waals surface area contributed by atoms with Crippen molar-refractivity contribution in [3.8, 4) is 0 Å². The predicted octanol–water partition coefficient (Wildman–Crippen LogP) is 3.51. The number of aromatic nitrogens is 2. The van der Waals surface area contributed by atoms with E-state index in [9.17, 15) is 9.50 Å². The molecule has 130 valence electrons. The molecule has 0 aliphatic rings. The van der Waals surface area contributed by atoms with Gasteiger partial charge in [0.25, 0.3) is 0 Å². The Morgan fingerprint density at radius 2 is 1.83 bits per heavy atom. The highest BCUT2D eigenvalue weighted by molar-refractivity contribution is 5.16. The Hall–Kier alpha value is -1.85. The molecular formula is C19H26FN3O. The third-order valence-electron chi connectivity index (χ3n) is 4.11. The highest BCUT2D eigenvalue weighted by Gasteiger charge is 2.18. The lowest BCUT2D eigenvalue weighted by Crippen LogP contribution is -2.37. The van der Waals surface area contributed by atoms with Crippen molar-refractivity contribution in [3.05, 3.63) is 59.4 Å². The van der Waals surface area contributed by atoms with Crippen LogP contribution in [0, 0.1) is 5.82 Å². The largest absolute Gasteiger partial charge is 0.395 e. The van der Waals surface area contributed by atoms with Crippen LogP contribution in [0.5, 0.6) is 0 Å². The molecule has 0 saturated carbocycles. The lowest BCUT2D eigenvalue weighted by molar-refractivity contribution is 0.105. The molecule has 1 atom stereocenters. The van der Waals surface area contributed by atoms with Crippen LogP contribution >= 0.6 is 0 Å². The van der Waals surface area contributed by atoms with Crippen molar-refractivity contribution < 1.29 is 9.50 Å². The Morgan fingerprint density at radius 3 is 2.42 bits per heavy atom. The molecule has 0 saturated heterocycles. The molecule has 0 fully saturated rings. The van der Waals surface area contributed by atoms with E-state index in [0.29, 0.717) is 13.1 Å². The minimum absolute atomic E-state index is 0.0347. The number of halogens is 1. The van der Waals surface area contributed by atoms with Crippen LogP contribution in [0.4, 0.5) is 4.39 Å². The zero-order valence-electron chi connectivity index (χ0n) is 14.6. The predicted molar refractivity (Wildman–Crippen MR) is 92.9 cm³/mol. The van der Waals surface area contributed by atoms with E-state index in [1.165, 1.54) is 12.1 Å². The minimum atomic E-state index is -0.239. The molecule has 0 bridgehead atoms. The molecule has 0 spiro atoms. The van der Waals surface area contributed by atoms with Gasteiger partial charge in [0.15, 0.2) is 0 Å². The van der Waals surface area contributed by atoms with Gasteiger partial charge in [-0.15, -0.1) is 0 Å². The number of aliphatic hydroxyl groups is 1. The standard InChI is InChI=1S/C19H26FN3O/c1-4-18(13-24)23(11-15-5-7-16(20)8-6-15)12-17-9-10-21-19(22-17)14(2)3/h5-10,14,18,24H,4,11-13H2,1-3H3/t18-/m0/s1. The molecule has 4 nitrogen and oxygen atoms in total. The van der Waals surface area contributed by atoms with Crippen molar-refractivity contribution in [1.29, 1.82) is 0 Å². The molecule has 1 heterocycles. The fourth-order valence-electron chi connectivity index (χ4n) is 2.63. The maximum absolute atomic E-state index is 13.1. The van der Waals surface area contributed by atoms with Crippen molar-refractivity contribution in [2.24, 2.45) is 0 Å². The first-order chi connectivity index (χ1) is 11.5. The summed E-state index contributed by atoms with van der Waals surface area (Å²) in [4.78, 5) is 11.1. The topological polar surface area (TPSA) is 49.2 Å². The molecular weight excluding hydrogens is 305 g/mol. The number of rotatable bonds is 8. The van der Waals surface area contributed by atoms with Crippen molar-refractivity contribution in [1.82, 2.24) is 14.9 Å². The van der Waals surface area contributed by atoms with Crippen LogP contribution in [0.2, 0.25) is 0 Å². The maximum Gasteiger partial charge on any atom is 0.131 e. The maximum atomic E-state index is 13.1. The second-order valence-electron chi connectivity index (χ2n) is 6.34. The fraction of sp³-hybridized carbons (Fsp3) is 0.474. The molecule has 1 aromatic heterocycles. The van der Waals surface area contributed by atoms with Gasteiger partial charge in [0, 0.05) is 31.2 Å².